The molecule has 0 spiro atoms. The fourth-order valence-corrected chi connectivity index (χ4v) is 5.57. The van der Waals surface area contributed by atoms with E-state index >= 15 is 0 Å². The molecule has 10 heteroatoms. The summed E-state index contributed by atoms with van der Waals surface area (Å²) >= 11 is 6.11. The molecule has 1 aliphatic heterocycles. The molecule has 1 aromatic heterocycles. The van der Waals surface area contributed by atoms with Crippen molar-refractivity contribution in [3.8, 4) is 11.3 Å². The number of fused-ring (bicyclic) bond motifs is 1. The second-order valence-electron chi connectivity index (χ2n) is 10.8. The van der Waals surface area contributed by atoms with Crippen LogP contribution in [0.15, 0.2) is 78.9 Å². The van der Waals surface area contributed by atoms with Gasteiger partial charge in [0.15, 0.2) is 11.6 Å². The first-order valence-electron chi connectivity index (χ1n) is 13.9. The Hall–Kier alpha value is -4.76. The van der Waals surface area contributed by atoms with Gasteiger partial charge in [-0.15, -0.1) is 0 Å². The molecule has 6 rings (SSSR count). The summed E-state index contributed by atoms with van der Waals surface area (Å²) in [5.74, 6) is -3.66. The number of halogens is 4. The summed E-state index contributed by atoms with van der Waals surface area (Å²) in [7, 11) is 0. The van der Waals surface area contributed by atoms with Crippen LogP contribution in [0, 0.1) is 17.5 Å². The lowest BCUT2D eigenvalue weighted by Gasteiger charge is -2.39. The minimum absolute atomic E-state index is 0.0818. The number of carbonyl (C=O) groups is 2. The van der Waals surface area contributed by atoms with Gasteiger partial charge in [0.05, 0.1) is 28.8 Å². The van der Waals surface area contributed by atoms with Crippen molar-refractivity contribution in [2.45, 2.75) is 25.2 Å². The van der Waals surface area contributed by atoms with Crippen LogP contribution in [0.25, 0.3) is 22.3 Å². The minimum Gasteiger partial charge on any atom is -0.481 e. The van der Waals surface area contributed by atoms with Crippen molar-refractivity contribution < 1.29 is 27.9 Å². The number of hydrogen-bond donors (Lipinski definition) is 1. The Balaban J connectivity index is 1.27. The molecule has 0 saturated carbocycles. The molecule has 1 saturated heterocycles. The van der Waals surface area contributed by atoms with Crippen molar-refractivity contribution in [2.24, 2.45) is 0 Å². The fraction of sp³-hybridized carbons (Fsp3) is 0.176. The molecule has 0 aliphatic carbocycles. The lowest BCUT2D eigenvalue weighted by atomic mass is 9.90. The van der Waals surface area contributed by atoms with E-state index in [-0.39, 0.29) is 18.2 Å². The van der Waals surface area contributed by atoms with Crippen LogP contribution in [0.1, 0.15) is 38.7 Å². The van der Waals surface area contributed by atoms with Crippen molar-refractivity contribution in [1.82, 2.24) is 14.9 Å². The molecule has 44 heavy (non-hydrogen) atoms. The van der Waals surface area contributed by atoms with Gasteiger partial charge in [-0.05, 0) is 84.1 Å². The zero-order valence-corrected chi connectivity index (χ0v) is 24.0. The number of carboxylic acid groups (broad SMARTS) is 1. The van der Waals surface area contributed by atoms with E-state index in [9.17, 15) is 22.8 Å². The van der Waals surface area contributed by atoms with Crippen LogP contribution in [0.4, 0.5) is 13.2 Å². The molecule has 5 aromatic rings. The van der Waals surface area contributed by atoms with Crippen molar-refractivity contribution in [3.63, 3.8) is 0 Å². The minimum atomic E-state index is -1.05. The highest BCUT2D eigenvalue weighted by Crippen LogP contribution is 2.31. The number of carbonyl (C=O) groups excluding carboxylic acids is 1. The van der Waals surface area contributed by atoms with Gasteiger partial charge in [-0.3, -0.25) is 9.59 Å². The molecule has 1 fully saturated rings. The molecule has 4 aromatic carbocycles. The lowest BCUT2D eigenvalue weighted by molar-refractivity contribution is -0.136. The van der Waals surface area contributed by atoms with Crippen molar-refractivity contribution in [1.29, 1.82) is 0 Å². The monoisotopic (exact) mass is 615 g/mol. The third-order valence-electron chi connectivity index (χ3n) is 7.71. The molecule has 0 atom stereocenters. The number of hydrogen-bond acceptors (Lipinski definition) is 4. The maximum atomic E-state index is 14.3. The fourth-order valence-electron chi connectivity index (χ4n) is 5.44. The van der Waals surface area contributed by atoms with Crippen LogP contribution >= 0.6 is 11.6 Å². The Labute approximate surface area is 255 Å². The summed E-state index contributed by atoms with van der Waals surface area (Å²) in [6.45, 7) is 0.762. The third-order valence-corrected chi connectivity index (χ3v) is 7.96. The lowest BCUT2D eigenvalue weighted by Crippen LogP contribution is -2.48. The smallest absolute Gasteiger partial charge is 0.307 e. The molecule has 6 nitrogen and oxygen atoms in total. The van der Waals surface area contributed by atoms with Crippen molar-refractivity contribution in [2.75, 3.05) is 13.1 Å². The van der Waals surface area contributed by atoms with Gasteiger partial charge < -0.3 is 10.0 Å². The predicted octanol–water partition coefficient (Wildman–Crippen LogP) is 7.02. The van der Waals surface area contributed by atoms with E-state index in [0.29, 0.717) is 75.6 Å². The number of carboxylic acids is 1. The van der Waals surface area contributed by atoms with Gasteiger partial charge in [0.1, 0.15) is 5.82 Å². The van der Waals surface area contributed by atoms with Gasteiger partial charge in [-0.2, -0.15) is 0 Å². The van der Waals surface area contributed by atoms with Crippen molar-refractivity contribution >= 4 is 34.5 Å². The van der Waals surface area contributed by atoms with E-state index < -0.39 is 23.4 Å². The Morgan fingerprint density at radius 2 is 1.57 bits per heavy atom. The average molecular weight is 616 g/mol. The van der Waals surface area contributed by atoms with Crippen molar-refractivity contribution in [3.05, 3.63) is 129 Å². The van der Waals surface area contributed by atoms with Gasteiger partial charge in [0.2, 0.25) is 0 Å². The van der Waals surface area contributed by atoms with Crippen LogP contribution in [-0.4, -0.2) is 44.9 Å². The van der Waals surface area contributed by atoms with E-state index in [1.54, 1.807) is 41.3 Å². The zero-order valence-electron chi connectivity index (χ0n) is 23.2. The SMILES string of the molecule is O=C(O)Cc1cc(F)cc(CCc2nc3cc(C(=O)N4CC(c5ccc(F)c(F)c5)C4)ccc3nc2-c2ccc(Cl)cc2)c1. The van der Waals surface area contributed by atoms with E-state index in [4.69, 9.17) is 26.7 Å². The predicted molar refractivity (Wildman–Crippen MR) is 160 cm³/mol. The normalized spacial score (nSPS) is 13.2. The van der Waals surface area contributed by atoms with E-state index in [1.165, 1.54) is 24.3 Å². The number of likely N-dealkylation sites (tertiary alicyclic amines) is 1. The van der Waals surface area contributed by atoms with Crippen LogP contribution < -0.4 is 0 Å². The number of aryl methyl sites for hydroxylation is 2. The number of aromatic nitrogens is 2. The van der Waals surface area contributed by atoms with E-state index in [1.807, 2.05) is 12.1 Å². The van der Waals surface area contributed by atoms with Gasteiger partial charge >= 0.3 is 5.97 Å². The quantitative estimate of drug-likeness (QED) is 0.203. The number of amides is 1. The molecular weight excluding hydrogens is 591 g/mol. The molecule has 0 radical (unpaired) electrons. The third kappa shape index (κ3) is 6.28. The summed E-state index contributed by atoms with van der Waals surface area (Å²) < 4.78 is 41.3. The standard InChI is InChI=1S/C34H25ClF3N3O3/c35-25-6-2-21(3-7-25)33-30(9-1-19-11-20(14-32(42)43)13-26(36)12-19)39-31-16-23(5-10-29(31)40-33)34(44)41-17-24(18-41)22-4-8-27(37)28(38)15-22/h2-8,10-13,15-16,24H,1,9,14,17-18H2,(H,42,43). The summed E-state index contributed by atoms with van der Waals surface area (Å²) in [6, 6.07) is 20.3. The topological polar surface area (TPSA) is 83.4 Å². The van der Waals surface area contributed by atoms with Gasteiger partial charge in [0, 0.05) is 35.2 Å². The molecule has 0 unspecified atom stereocenters. The summed E-state index contributed by atoms with van der Waals surface area (Å²) in [4.78, 5) is 35.8. The first-order valence-corrected chi connectivity index (χ1v) is 14.3. The Morgan fingerprint density at radius 1 is 0.818 bits per heavy atom. The Kier molecular flexibility index (Phi) is 8.05. The summed E-state index contributed by atoms with van der Waals surface area (Å²) in [5, 5.41) is 9.70. The molecular formula is C34H25ClF3N3O3. The van der Waals surface area contributed by atoms with Crippen LogP contribution in [-0.2, 0) is 24.1 Å². The van der Waals surface area contributed by atoms with Crippen LogP contribution in [0.5, 0.6) is 0 Å². The Morgan fingerprint density at radius 3 is 2.30 bits per heavy atom. The van der Waals surface area contributed by atoms with Gasteiger partial charge in [-0.25, -0.2) is 23.1 Å². The zero-order chi connectivity index (χ0) is 31.0. The summed E-state index contributed by atoms with van der Waals surface area (Å²) in [6.07, 6.45) is 0.464. The number of nitrogens with zero attached hydrogens (tertiary/aromatic N) is 3. The highest BCUT2D eigenvalue weighted by molar-refractivity contribution is 6.30. The highest BCUT2D eigenvalue weighted by atomic mass is 35.5. The molecule has 222 valence electrons. The highest BCUT2D eigenvalue weighted by Gasteiger charge is 2.33. The van der Waals surface area contributed by atoms with Crippen LogP contribution in [0.2, 0.25) is 5.02 Å². The Bertz CT molecular complexity index is 1910. The summed E-state index contributed by atoms with van der Waals surface area (Å²) in [5.41, 5.74) is 5.17. The van der Waals surface area contributed by atoms with Gasteiger partial charge in [-0.1, -0.05) is 35.9 Å². The largest absolute Gasteiger partial charge is 0.481 e. The number of rotatable bonds is 8. The number of aliphatic carboxylic acids is 1. The molecule has 1 amide bonds. The maximum absolute atomic E-state index is 14.3. The molecule has 1 aliphatic rings. The second-order valence-corrected chi connectivity index (χ2v) is 11.3. The first kappa shape index (κ1) is 29.3. The molecule has 0 bridgehead atoms. The first-order chi connectivity index (χ1) is 21.1. The average Bonchev–Trinajstić information content (AvgIpc) is 2.96. The second kappa shape index (κ2) is 12.1. The molecule has 2 heterocycles. The van der Waals surface area contributed by atoms with Crippen LogP contribution in [0.3, 0.4) is 0 Å². The number of benzene rings is 4. The maximum Gasteiger partial charge on any atom is 0.307 e. The van der Waals surface area contributed by atoms with Gasteiger partial charge in [0.25, 0.3) is 5.91 Å². The van der Waals surface area contributed by atoms with E-state index in [0.717, 1.165) is 11.6 Å². The van der Waals surface area contributed by atoms with E-state index in [2.05, 4.69) is 0 Å². The molecule has 1 N–H and O–H groups in total.